The van der Waals surface area contributed by atoms with Crippen molar-refractivity contribution < 1.29 is 14.4 Å². The highest BCUT2D eigenvalue weighted by Crippen LogP contribution is 2.40. The number of likely N-dealkylation sites (tertiary alicyclic amines) is 1. The van der Waals surface area contributed by atoms with Crippen molar-refractivity contribution in [2.45, 2.75) is 12.8 Å². The molecule has 0 bridgehead atoms. The van der Waals surface area contributed by atoms with E-state index < -0.39 is 17.8 Å². The number of carbonyl (C=O) groups excluding carboxylic acids is 3. The fraction of sp³-hybridized carbons (Fsp3) is 0.310. The van der Waals surface area contributed by atoms with Gasteiger partial charge in [0.25, 0.3) is 0 Å². The largest absolute Gasteiger partial charge is 0.348 e. The van der Waals surface area contributed by atoms with Crippen LogP contribution in [-0.2, 0) is 4.79 Å². The molecule has 6 nitrogen and oxygen atoms in total. The number of amides is 1. The predicted molar refractivity (Wildman–Crippen MR) is 135 cm³/mol. The molecule has 6 heteroatoms. The van der Waals surface area contributed by atoms with Crippen molar-refractivity contribution in [1.82, 2.24) is 14.8 Å². The summed E-state index contributed by atoms with van der Waals surface area (Å²) < 4.78 is 0. The summed E-state index contributed by atoms with van der Waals surface area (Å²) in [6.45, 7) is 2.83. The normalized spacial score (nSPS) is 18.7. The van der Waals surface area contributed by atoms with E-state index in [-0.39, 0.29) is 24.0 Å². The van der Waals surface area contributed by atoms with Gasteiger partial charge < -0.3 is 4.90 Å². The molecule has 1 amide bonds. The Morgan fingerprint density at radius 2 is 1.31 bits per heavy atom. The number of rotatable bonds is 7. The maximum atomic E-state index is 13.9. The highest BCUT2D eigenvalue weighted by atomic mass is 16.2. The second-order valence-electron chi connectivity index (χ2n) is 9.39. The molecule has 1 fully saturated rings. The third-order valence-corrected chi connectivity index (χ3v) is 6.68. The van der Waals surface area contributed by atoms with Crippen molar-refractivity contribution in [1.29, 1.82) is 0 Å². The van der Waals surface area contributed by atoms with E-state index in [4.69, 9.17) is 4.98 Å². The first kappa shape index (κ1) is 24.5. The summed E-state index contributed by atoms with van der Waals surface area (Å²) >= 11 is 0. The number of likely N-dealkylation sites (N-methyl/N-ethyl adjacent to an activating group) is 1. The fourth-order valence-electron chi connectivity index (χ4n) is 4.89. The maximum absolute atomic E-state index is 13.9. The molecule has 1 aromatic heterocycles. The summed E-state index contributed by atoms with van der Waals surface area (Å²) in [5, 5.41) is 0. The molecule has 0 aliphatic carbocycles. The van der Waals surface area contributed by atoms with Gasteiger partial charge in [-0.25, -0.2) is 0 Å². The van der Waals surface area contributed by atoms with E-state index in [9.17, 15) is 14.4 Å². The summed E-state index contributed by atoms with van der Waals surface area (Å²) in [7, 11) is 3.43. The molecule has 3 aromatic rings. The number of Topliss-reactive ketones (excluding diaryl/α,β-unsaturated/α-hetero) is 2. The Balaban J connectivity index is 1.81. The van der Waals surface area contributed by atoms with Crippen molar-refractivity contribution >= 4 is 17.5 Å². The zero-order valence-electron chi connectivity index (χ0n) is 20.4. The highest BCUT2D eigenvalue weighted by Gasteiger charge is 2.45. The molecule has 0 saturated carbocycles. The van der Waals surface area contributed by atoms with Gasteiger partial charge in [-0.15, -0.1) is 0 Å². The van der Waals surface area contributed by atoms with Crippen molar-refractivity contribution in [3.63, 3.8) is 0 Å². The van der Waals surface area contributed by atoms with Crippen molar-refractivity contribution in [3.05, 3.63) is 101 Å². The van der Waals surface area contributed by atoms with Gasteiger partial charge in [-0.1, -0.05) is 66.7 Å². The molecule has 4 rings (SSSR count). The van der Waals surface area contributed by atoms with E-state index in [2.05, 4.69) is 0 Å². The lowest BCUT2D eigenvalue weighted by Gasteiger charge is -2.42. The fourth-order valence-corrected chi connectivity index (χ4v) is 4.89. The average molecular weight is 470 g/mol. The minimum atomic E-state index is -0.520. The molecule has 0 radical (unpaired) electrons. The smallest absolute Gasteiger partial charge is 0.236 e. The van der Waals surface area contributed by atoms with Gasteiger partial charge in [-0.05, 0) is 19.1 Å². The molecule has 1 saturated heterocycles. The van der Waals surface area contributed by atoms with Gasteiger partial charge in [0.1, 0.15) is 0 Å². The summed E-state index contributed by atoms with van der Waals surface area (Å²) in [6.07, 6.45) is 0. The van der Waals surface area contributed by atoms with Gasteiger partial charge in [0.05, 0.1) is 6.54 Å². The standard InChI is InChI=1S/C29H31N3O3/c1-20-11-10-16-25(30-20)27-23(28(34)21-12-6-4-7-13-21)17-32(19-26(33)31(2)3)18-24(27)29(35)22-14-8-5-9-15-22/h4-16,23-24,27H,17-19H2,1-3H3/t23-,24-/m0/s1. The molecule has 0 spiro atoms. The van der Waals surface area contributed by atoms with E-state index >= 15 is 0 Å². The summed E-state index contributed by atoms with van der Waals surface area (Å²) in [4.78, 5) is 48.6. The number of pyridine rings is 1. The zero-order chi connectivity index (χ0) is 24.9. The number of carbonyl (C=O) groups is 3. The molecule has 35 heavy (non-hydrogen) atoms. The predicted octanol–water partition coefficient (Wildman–Crippen LogP) is 3.88. The van der Waals surface area contributed by atoms with Crippen LogP contribution in [0.15, 0.2) is 78.9 Å². The second kappa shape index (κ2) is 10.7. The van der Waals surface area contributed by atoms with Crippen LogP contribution in [-0.4, -0.2) is 66.0 Å². The average Bonchev–Trinajstić information content (AvgIpc) is 2.88. The Kier molecular flexibility index (Phi) is 7.51. The van der Waals surface area contributed by atoms with Crippen LogP contribution in [0.25, 0.3) is 0 Å². The Hall–Kier alpha value is -3.64. The molecule has 2 atom stereocenters. The third kappa shape index (κ3) is 5.54. The van der Waals surface area contributed by atoms with Gasteiger partial charge >= 0.3 is 0 Å². The third-order valence-electron chi connectivity index (χ3n) is 6.68. The van der Waals surface area contributed by atoms with E-state index in [1.165, 1.54) is 4.90 Å². The van der Waals surface area contributed by atoms with E-state index in [1.54, 1.807) is 38.4 Å². The quantitative estimate of drug-likeness (QED) is 0.491. The minimum Gasteiger partial charge on any atom is -0.348 e. The molecule has 0 N–H and O–H groups in total. The number of aromatic nitrogens is 1. The van der Waals surface area contributed by atoms with Gasteiger partial charge in [0, 0.05) is 67.5 Å². The molecule has 0 unspecified atom stereocenters. The monoisotopic (exact) mass is 469 g/mol. The van der Waals surface area contributed by atoms with Crippen LogP contribution in [0.3, 0.4) is 0 Å². The zero-order valence-corrected chi connectivity index (χ0v) is 20.4. The molecular weight excluding hydrogens is 438 g/mol. The summed E-state index contributed by atoms with van der Waals surface area (Å²) in [5.41, 5.74) is 2.78. The summed E-state index contributed by atoms with van der Waals surface area (Å²) in [5.74, 6) is -1.57. The van der Waals surface area contributed by atoms with E-state index in [1.807, 2.05) is 66.4 Å². The van der Waals surface area contributed by atoms with Gasteiger partial charge in [-0.3, -0.25) is 24.3 Å². The number of ketones is 2. The molecule has 1 aliphatic heterocycles. The van der Waals surface area contributed by atoms with Gasteiger partial charge in [0.2, 0.25) is 5.91 Å². The number of benzene rings is 2. The number of aryl methyl sites for hydroxylation is 1. The van der Waals surface area contributed by atoms with Gasteiger partial charge in [0.15, 0.2) is 11.6 Å². The van der Waals surface area contributed by atoms with Crippen LogP contribution in [0.2, 0.25) is 0 Å². The van der Waals surface area contributed by atoms with Crippen molar-refractivity contribution in [2.24, 2.45) is 11.8 Å². The van der Waals surface area contributed by atoms with Crippen LogP contribution in [0.4, 0.5) is 0 Å². The topological polar surface area (TPSA) is 70.6 Å². The highest BCUT2D eigenvalue weighted by molar-refractivity contribution is 6.02. The minimum absolute atomic E-state index is 0.0354. The van der Waals surface area contributed by atoms with Crippen molar-refractivity contribution in [3.8, 4) is 0 Å². The van der Waals surface area contributed by atoms with E-state index in [0.29, 0.717) is 24.2 Å². The first-order valence-corrected chi connectivity index (χ1v) is 11.9. The molecule has 2 heterocycles. The van der Waals surface area contributed by atoms with Crippen LogP contribution in [0.1, 0.15) is 38.0 Å². The van der Waals surface area contributed by atoms with Crippen LogP contribution in [0.5, 0.6) is 0 Å². The maximum Gasteiger partial charge on any atom is 0.236 e. The van der Waals surface area contributed by atoms with Gasteiger partial charge in [-0.2, -0.15) is 0 Å². The first-order chi connectivity index (χ1) is 16.8. The molecule has 180 valence electrons. The molecule has 2 aromatic carbocycles. The lowest BCUT2D eigenvalue weighted by atomic mass is 9.70. The van der Waals surface area contributed by atoms with E-state index in [0.717, 1.165) is 11.4 Å². The Morgan fingerprint density at radius 3 is 1.77 bits per heavy atom. The van der Waals surface area contributed by atoms with Crippen molar-refractivity contribution in [2.75, 3.05) is 33.7 Å². The Bertz CT molecular complexity index is 1130. The van der Waals surface area contributed by atoms with Crippen LogP contribution >= 0.6 is 0 Å². The first-order valence-electron chi connectivity index (χ1n) is 11.9. The summed E-state index contributed by atoms with van der Waals surface area (Å²) in [6, 6.07) is 24.1. The lowest BCUT2D eigenvalue weighted by molar-refractivity contribution is -0.130. The number of hydrogen-bond acceptors (Lipinski definition) is 5. The SMILES string of the molecule is Cc1cccc(C2[C@@H](C(=O)c3ccccc3)CN(CC(=O)N(C)C)C[C@@H]2C(=O)c2ccccc2)n1. The van der Waals surface area contributed by atoms with Crippen LogP contribution < -0.4 is 0 Å². The van der Waals surface area contributed by atoms with Crippen LogP contribution in [0, 0.1) is 18.8 Å². The molecule has 1 aliphatic rings. The Labute approximate surface area is 206 Å². The Morgan fingerprint density at radius 1 is 0.800 bits per heavy atom. The number of nitrogens with zero attached hydrogens (tertiary/aromatic N) is 3. The number of hydrogen-bond donors (Lipinski definition) is 0. The number of piperidine rings is 1. The second-order valence-corrected chi connectivity index (χ2v) is 9.39. The lowest BCUT2D eigenvalue weighted by Crippen LogP contribution is -2.52. The molecular formula is C29H31N3O3.